The number of hydrogen-bond donors (Lipinski definition) is 2. The summed E-state index contributed by atoms with van der Waals surface area (Å²) in [4.78, 5) is 0. The van der Waals surface area contributed by atoms with E-state index in [0.717, 1.165) is 12.8 Å². The van der Waals surface area contributed by atoms with Gasteiger partial charge < -0.3 is 10.8 Å². The average Bonchev–Trinajstić information content (AvgIpc) is 1.61. The van der Waals surface area contributed by atoms with Gasteiger partial charge in [0, 0.05) is 5.41 Å². The fourth-order valence-corrected chi connectivity index (χ4v) is 0.878. The van der Waals surface area contributed by atoms with Crippen molar-refractivity contribution in [1.82, 2.24) is 0 Å². The Morgan fingerprint density at radius 1 is 1.27 bits per heavy atom. The molecule has 3 N–H and O–H groups in total. The molecule has 1 unspecified atom stereocenters. The van der Waals surface area contributed by atoms with E-state index in [4.69, 9.17) is 5.73 Å². The largest absolute Gasteiger partial charge is 0.376 e. The zero-order chi connectivity index (χ0) is 8.41. The van der Waals surface area contributed by atoms with Crippen LogP contribution in [0.4, 0.5) is 0 Å². The molecule has 0 saturated carbocycles. The lowest BCUT2D eigenvalue weighted by atomic mass is 9.79. The molecule has 0 aromatic rings. The van der Waals surface area contributed by atoms with Crippen LogP contribution >= 0.6 is 12.4 Å². The van der Waals surface area contributed by atoms with Crippen LogP contribution in [0, 0.1) is 5.41 Å². The van der Waals surface area contributed by atoms with Gasteiger partial charge >= 0.3 is 0 Å². The summed E-state index contributed by atoms with van der Waals surface area (Å²) < 4.78 is 0. The van der Waals surface area contributed by atoms with E-state index in [1.165, 1.54) is 0 Å². The number of aliphatic hydroxyl groups is 1. The zero-order valence-electron chi connectivity index (χ0n) is 7.85. The Labute approximate surface area is 75.6 Å². The molecular weight excluding hydrogens is 162 g/mol. The van der Waals surface area contributed by atoms with Gasteiger partial charge in [-0.2, -0.15) is 0 Å². The van der Waals surface area contributed by atoms with Crippen molar-refractivity contribution in [3.8, 4) is 0 Å². The highest BCUT2D eigenvalue weighted by molar-refractivity contribution is 5.85. The van der Waals surface area contributed by atoms with E-state index in [0.29, 0.717) is 0 Å². The average molecular weight is 182 g/mol. The van der Waals surface area contributed by atoms with E-state index in [-0.39, 0.29) is 17.8 Å². The number of nitrogens with two attached hydrogens (primary N) is 1. The Hall–Kier alpha value is 0.210. The lowest BCUT2D eigenvalue weighted by Crippen LogP contribution is -2.49. The van der Waals surface area contributed by atoms with Crippen LogP contribution in [0.15, 0.2) is 0 Å². The fourth-order valence-electron chi connectivity index (χ4n) is 0.878. The first kappa shape index (κ1) is 13.8. The van der Waals surface area contributed by atoms with Gasteiger partial charge in [0.25, 0.3) is 0 Å². The molecule has 0 amide bonds. The molecule has 0 spiro atoms. The molecule has 0 aliphatic heterocycles. The molecule has 0 heterocycles. The number of rotatable bonds is 3. The third kappa shape index (κ3) is 3.94. The Morgan fingerprint density at radius 2 is 1.64 bits per heavy atom. The van der Waals surface area contributed by atoms with Crippen LogP contribution in [-0.4, -0.2) is 10.8 Å². The van der Waals surface area contributed by atoms with E-state index in [2.05, 4.69) is 6.92 Å². The minimum absolute atomic E-state index is 0. The van der Waals surface area contributed by atoms with E-state index < -0.39 is 5.72 Å². The fraction of sp³-hybridized carbons (Fsp3) is 1.00. The van der Waals surface area contributed by atoms with E-state index in [1.807, 2.05) is 13.8 Å². The summed E-state index contributed by atoms with van der Waals surface area (Å²) in [5, 5.41) is 9.45. The Bertz CT molecular complexity index is 107. The molecule has 0 aliphatic carbocycles. The van der Waals surface area contributed by atoms with Gasteiger partial charge in [-0.1, -0.05) is 27.2 Å². The second-order valence-corrected chi connectivity index (χ2v) is 3.78. The summed E-state index contributed by atoms with van der Waals surface area (Å²) in [6, 6.07) is 0. The zero-order valence-corrected chi connectivity index (χ0v) is 8.66. The maximum atomic E-state index is 9.45. The standard InChI is InChI=1S/C8H19NO.ClH/c1-5-6-7(2,3)8(4,9)10;/h10H,5-6,9H2,1-4H3;1H. The molecule has 0 saturated heterocycles. The van der Waals surface area contributed by atoms with Crippen molar-refractivity contribution in [2.24, 2.45) is 11.1 Å². The molecule has 0 radical (unpaired) electrons. The van der Waals surface area contributed by atoms with Crippen molar-refractivity contribution >= 4 is 12.4 Å². The lowest BCUT2D eigenvalue weighted by molar-refractivity contribution is -0.0506. The van der Waals surface area contributed by atoms with Gasteiger partial charge in [0.2, 0.25) is 0 Å². The Kier molecular flexibility index (Phi) is 5.37. The van der Waals surface area contributed by atoms with Crippen LogP contribution in [0.25, 0.3) is 0 Å². The molecule has 70 valence electrons. The van der Waals surface area contributed by atoms with Crippen LogP contribution in [-0.2, 0) is 0 Å². The molecule has 0 aromatic heterocycles. The summed E-state index contributed by atoms with van der Waals surface area (Å²) in [5.74, 6) is 0. The molecule has 0 aliphatic rings. The molecule has 0 rings (SSSR count). The molecule has 0 aromatic carbocycles. The van der Waals surface area contributed by atoms with Crippen molar-refractivity contribution in [3.63, 3.8) is 0 Å². The topological polar surface area (TPSA) is 46.2 Å². The number of hydrogen-bond acceptors (Lipinski definition) is 2. The SMILES string of the molecule is CCCC(C)(C)C(C)(N)O.Cl. The minimum atomic E-state index is -1.05. The summed E-state index contributed by atoms with van der Waals surface area (Å²) in [6.07, 6.45) is 2.01. The monoisotopic (exact) mass is 181 g/mol. The highest BCUT2D eigenvalue weighted by Crippen LogP contribution is 2.31. The van der Waals surface area contributed by atoms with E-state index >= 15 is 0 Å². The van der Waals surface area contributed by atoms with Gasteiger partial charge in [0.05, 0.1) is 0 Å². The first-order chi connectivity index (χ1) is 4.31. The molecule has 0 fully saturated rings. The maximum absolute atomic E-state index is 9.45. The van der Waals surface area contributed by atoms with Gasteiger partial charge in [-0.15, -0.1) is 12.4 Å². The van der Waals surface area contributed by atoms with Crippen LogP contribution in [0.3, 0.4) is 0 Å². The predicted molar refractivity (Wildman–Crippen MR) is 50.7 cm³/mol. The molecule has 11 heavy (non-hydrogen) atoms. The second kappa shape index (κ2) is 4.29. The lowest BCUT2D eigenvalue weighted by Gasteiger charge is -2.36. The third-order valence-corrected chi connectivity index (χ3v) is 2.25. The van der Waals surface area contributed by atoms with Crippen LogP contribution in [0.5, 0.6) is 0 Å². The third-order valence-electron chi connectivity index (χ3n) is 2.25. The van der Waals surface area contributed by atoms with Crippen molar-refractivity contribution in [2.75, 3.05) is 0 Å². The smallest absolute Gasteiger partial charge is 0.115 e. The first-order valence-corrected chi connectivity index (χ1v) is 3.82. The van der Waals surface area contributed by atoms with Gasteiger partial charge in [0.15, 0.2) is 0 Å². The van der Waals surface area contributed by atoms with Gasteiger partial charge in [-0.3, -0.25) is 0 Å². The summed E-state index contributed by atoms with van der Waals surface area (Å²) in [6.45, 7) is 7.71. The van der Waals surface area contributed by atoms with Crippen molar-refractivity contribution in [2.45, 2.75) is 46.3 Å². The van der Waals surface area contributed by atoms with Crippen molar-refractivity contribution in [1.29, 1.82) is 0 Å². The predicted octanol–water partition coefficient (Wildman–Crippen LogP) is 1.90. The quantitative estimate of drug-likeness (QED) is 0.654. The van der Waals surface area contributed by atoms with Crippen molar-refractivity contribution in [3.05, 3.63) is 0 Å². The highest BCUT2D eigenvalue weighted by Gasteiger charge is 2.34. The van der Waals surface area contributed by atoms with E-state index in [1.54, 1.807) is 6.92 Å². The molecule has 1 atom stereocenters. The Morgan fingerprint density at radius 3 is 1.73 bits per heavy atom. The summed E-state index contributed by atoms with van der Waals surface area (Å²) in [7, 11) is 0. The van der Waals surface area contributed by atoms with Crippen LogP contribution in [0.2, 0.25) is 0 Å². The maximum Gasteiger partial charge on any atom is 0.115 e. The van der Waals surface area contributed by atoms with Gasteiger partial charge in [0.1, 0.15) is 5.72 Å². The van der Waals surface area contributed by atoms with Gasteiger partial charge in [-0.25, -0.2) is 0 Å². The normalized spacial score (nSPS) is 16.9. The number of halogens is 1. The summed E-state index contributed by atoms with van der Waals surface area (Å²) in [5.41, 5.74) is 4.32. The van der Waals surface area contributed by atoms with Crippen LogP contribution in [0.1, 0.15) is 40.5 Å². The van der Waals surface area contributed by atoms with Crippen molar-refractivity contribution < 1.29 is 5.11 Å². The minimum Gasteiger partial charge on any atom is -0.376 e. The Balaban J connectivity index is 0. The van der Waals surface area contributed by atoms with Gasteiger partial charge in [-0.05, 0) is 13.3 Å². The van der Waals surface area contributed by atoms with Crippen LogP contribution < -0.4 is 5.73 Å². The second-order valence-electron chi connectivity index (χ2n) is 3.78. The first-order valence-electron chi connectivity index (χ1n) is 3.82. The molecule has 0 bridgehead atoms. The van der Waals surface area contributed by atoms with E-state index in [9.17, 15) is 5.11 Å². The summed E-state index contributed by atoms with van der Waals surface area (Å²) >= 11 is 0. The highest BCUT2D eigenvalue weighted by atomic mass is 35.5. The molecule has 2 nitrogen and oxygen atoms in total. The molecular formula is C8H20ClNO. The molecule has 3 heteroatoms.